The molecule has 0 bridgehead atoms. The molecule has 0 saturated carbocycles. The number of anilines is 1. The maximum absolute atomic E-state index is 11.8. The molecule has 0 aliphatic rings. The van der Waals surface area contributed by atoms with E-state index in [1.165, 1.54) is 12.4 Å². The normalized spacial score (nSPS) is 9.87. The second-order valence-corrected chi connectivity index (χ2v) is 4.84. The number of carbonyl (C=O) groups excluding carboxylic acids is 1. The zero-order valence-electron chi connectivity index (χ0n) is 12.4. The number of carbonyl (C=O) groups is 1. The molecule has 0 atom stereocenters. The molecule has 1 aromatic carbocycles. The van der Waals surface area contributed by atoms with Crippen LogP contribution in [0.3, 0.4) is 0 Å². The summed E-state index contributed by atoms with van der Waals surface area (Å²) in [6.45, 7) is 0. The van der Waals surface area contributed by atoms with E-state index in [1.54, 1.807) is 30.3 Å². The first kappa shape index (κ1) is 16.2. The van der Waals surface area contributed by atoms with Crippen LogP contribution in [0.1, 0.15) is 19.3 Å². The van der Waals surface area contributed by atoms with Gasteiger partial charge < -0.3 is 5.32 Å². The number of rotatable bonds is 6. The molecule has 6 nitrogen and oxygen atoms in total. The van der Waals surface area contributed by atoms with Gasteiger partial charge in [-0.05, 0) is 30.2 Å². The molecule has 0 saturated heterocycles. The lowest BCUT2D eigenvalue weighted by Gasteiger charge is -2.07. The largest absolute Gasteiger partial charge is 0.326 e. The van der Waals surface area contributed by atoms with Crippen molar-refractivity contribution in [1.82, 2.24) is 4.98 Å². The van der Waals surface area contributed by atoms with Crippen LogP contribution in [-0.4, -0.2) is 15.8 Å². The van der Waals surface area contributed by atoms with Crippen LogP contribution in [0.4, 0.5) is 11.4 Å². The van der Waals surface area contributed by atoms with Crippen LogP contribution in [0.5, 0.6) is 0 Å². The molecule has 0 fully saturated rings. The highest BCUT2D eigenvalue weighted by Gasteiger charge is 2.15. The van der Waals surface area contributed by atoms with Crippen molar-refractivity contribution in [3.05, 3.63) is 52.8 Å². The summed E-state index contributed by atoms with van der Waals surface area (Å²) in [5.74, 6) is 2.35. The molecule has 23 heavy (non-hydrogen) atoms. The number of hydrogen-bond acceptors (Lipinski definition) is 4. The Kier molecular flexibility index (Phi) is 5.42. The average molecular weight is 309 g/mol. The van der Waals surface area contributed by atoms with Crippen LogP contribution in [0.2, 0.25) is 0 Å². The van der Waals surface area contributed by atoms with E-state index in [2.05, 4.69) is 16.2 Å². The van der Waals surface area contributed by atoms with Crippen LogP contribution in [0, 0.1) is 22.5 Å². The van der Waals surface area contributed by atoms with Gasteiger partial charge in [0.25, 0.3) is 5.69 Å². The van der Waals surface area contributed by atoms with Crippen molar-refractivity contribution in [3.8, 4) is 23.5 Å². The van der Waals surface area contributed by atoms with Crippen LogP contribution in [-0.2, 0) is 4.79 Å². The molecular formula is C17H15N3O3. The maximum atomic E-state index is 11.8. The number of unbranched alkanes of at least 4 members (excludes halogenated alkanes) is 1. The van der Waals surface area contributed by atoms with Gasteiger partial charge >= 0.3 is 0 Å². The second-order valence-electron chi connectivity index (χ2n) is 4.84. The Morgan fingerprint density at radius 1 is 1.39 bits per heavy atom. The summed E-state index contributed by atoms with van der Waals surface area (Å²) in [5, 5.41) is 13.9. The number of benzene rings is 1. The minimum Gasteiger partial charge on any atom is -0.326 e. The molecule has 1 amide bonds. The lowest BCUT2D eigenvalue weighted by Crippen LogP contribution is -2.10. The van der Waals surface area contributed by atoms with Gasteiger partial charge in [0.1, 0.15) is 6.20 Å². The maximum Gasteiger partial charge on any atom is 0.295 e. The summed E-state index contributed by atoms with van der Waals surface area (Å²) >= 11 is 0. The van der Waals surface area contributed by atoms with Crippen molar-refractivity contribution in [2.45, 2.75) is 19.3 Å². The van der Waals surface area contributed by atoms with Crippen molar-refractivity contribution in [1.29, 1.82) is 0 Å². The van der Waals surface area contributed by atoms with Gasteiger partial charge in [-0.3, -0.25) is 19.9 Å². The lowest BCUT2D eigenvalue weighted by atomic mass is 10.0. The highest BCUT2D eigenvalue weighted by Crippen LogP contribution is 2.30. The molecule has 0 aliphatic carbocycles. The first-order chi connectivity index (χ1) is 11.1. The monoisotopic (exact) mass is 309 g/mol. The molecule has 1 aromatic heterocycles. The van der Waals surface area contributed by atoms with Gasteiger partial charge in [0.2, 0.25) is 5.91 Å². The second kappa shape index (κ2) is 7.71. The Morgan fingerprint density at radius 2 is 2.22 bits per heavy atom. The molecule has 1 heterocycles. The highest BCUT2D eigenvalue weighted by atomic mass is 16.6. The molecule has 2 aromatic rings. The summed E-state index contributed by atoms with van der Waals surface area (Å²) in [5.41, 5.74) is 1.60. The summed E-state index contributed by atoms with van der Waals surface area (Å²) in [4.78, 5) is 26.2. The van der Waals surface area contributed by atoms with Gasteiger partial charge in [-0.1, -0.05) is 12.1 Å². The van der Waals surface area contributed by atoms with Gasteiger partial charge in [-0.15, -0.1) is 12.3 Å². The Morgan fingerprint density at radius 3 is 2.96 bits per heavy atom. The quantitative estimate of drug-likeness (QED) is 0.383. The van der Waals surface area contributed by atoms with Crippen molar-refractivity contribution in [2.24, 2.45) is 0 Å². The summed E-state index contributed by atoms with van der Waals surface area (Å²) in [6, 6.07) is 8.48. The Labute approximate surface area is 133 Å². The third-order valence-corrected chi connectivity index (χ3v) is 3.18. The summed E-state index contributed by atoms with van der Waals surface area (Å²) in [6.07, 6.45) is 9.36. The Bertz CT molecular complexity index is 766. The van der Waals surface area contributed by atoms with E-state index in [4.69, 9.17) is 6.42 Å². The van der Waals surface area contributed by atoms with E-state index in [0.29, 0.717) is 36.1 Å². The SMILES string of the molecule is C#CCCCC(=O)Nc1cccc(-c2ccncc2[N+](=O)[O-])c1. The predicted octanol–water partition coefficient (Wildman–Crippen LogP) is 3.40. The number of nitrogens with zero attached hydrogens (tertiary/aromatic N) is 2. The van der Waals surface area contributed by atoms with Crippen LogP contribution < -0.4 is 5.32 Å². The van der Waals surface area contributed by atoms with E-state index >= 15 is 0 Å². The van der Waals surface area contributed by atoms with Crippen LogP contribution in [0.25, 0.3) is 11.1 Å². The molecule has 0 aliphatic heterocycles. The van der Waals surface area contributed by atoms with Crippen molar-refractivity contribution in [3.63, 3.8) is 0 Å². The topological polar surface area (TPSA) is 85.1 Å². The zero-order chi connectivity index (χ0) is 16.7. The van der Waals surface area contributed by atoms with Crippen molar-refractivity contribution >= 4 is 17.3 Å². The van der Waals surface area contributed by atoms with E-state index in [0.717, 1.165) is 0 Å². The smallest absolute Gasteiger partial charge is 0.295 e. The number of terminal acetylenes is 1. The van der Waals surface area contributed by atoms with Crippen molar-refractivity contribution < 1.29 is 9.72 Å². The van der Waals surface area contributed by atoms with E-state index in [-0.39, 0.29) is 11.6 Å². The number of pyridine rings is 1. The van der Waals surface area contributed by atoms with Gasteiger partial charge in [-0.25, -0.2) is 0 Å². The lowest BCUT2D eigenvalue weighted by molar-refractivity contribution is -0.384. The molecule has 1 N–H and O–H groups in total. The first-order valence-corrected chi connectivity index (χ1v) is 7.04. The fourth-order valence-electron chi connectivity index (χ4n) is 2.11. The van der Waals surface area contributed by atoms with E-state index in [1.807, 2.05) is 0 Å². The molecule has 116 valence electrons. The van der Waals surface area contributed by atoms with E-state index in [9.17, 15) is 14.9 Å². The Hall–Kier alpha value is -3.20. The fraction of sp³-hybridized carbons (Fsp3) is 0.176. The molecule has 2 rings (SSSR count). The molecular weight excluding hydrogens is 294 g/mol. The first-order valence-electron chi connectivity index (χ1n) is 7.04. The van der Waals surface area contributed by atoms with Crippen LogP contribution >= 0.6 is 0 Å². The Balaban J connectivity index is 2.19. The molecule has 6 heteroatoms. The van der Waals surface area contributed by atoms with Crippen LogP contribution in [0.15, 0.2) is 42.7 Å². The highest BCUT2D eigenvalue weighted by molar-refractivity contribution is 5.91. The third-order valence-electron chi connectivity index (χ3n) is 3.18. The zero-order valence-corrected chi connectivity index (χ0v) is 12.4. The standard InChI is InChI=1S/C17H15N3O3/c1-2-3-4-8-17(21)19-14-7-5-6-13(11-14)15-9-10-18-12-16(15)20(22)23/h1,5-7,9-12H,3-4,8H2,(H,19,21). The number of hydrogen-bond donors (Lipinski definition) is 1. The van der Waals surface area contributed by atoms with Gasteiger partial charge in [0.15, 0.2) is 0 Å². The van der Waals surface area contributed by atoms with Gasteiger partial charge in [0, 0.05) is 24.7 Å². The van der Waals surface area contributed by atoms with E-state index < -0.39 is 4.92 Å². The molecule has 0 radical (unpaired) electrons. The summed E-state index contributed by atoms with van der Waals surface area (Å²) in [7, 11) is 0. The number of amides is 1. The molecule has 0 unspecified atom stereocenters. The summed E-state index contributed by atoms with van der Waals surface area (Å²) < 4.78 is 0. The minimum atomic E-state index is -0.479. The van der Waals surface area contributed by atoms with Gasteiger partial charge in [0.05, 0.1) is 10.5 Å². The number of nitro groups is 1. The number of nitrogens with one attached hydrogen (secondary N) is 1. The fourth-order valence-corrected chi connectivity index (χ4v) is 2.11. The number of aromatic nitrogens is 1. The predicted molar refractivity (Wildman–Crippen MR) is 87.6 cm³/mol. The average Bonchev–Trinajstić information content (AvgIpc) is 2.55. The minimum absolute atomic E-state index is 0.0787. The van der Waals surface area contributed by atoms with Gasteiger partial charge in [-0.2, -0.15) is 0 Å². The van der Waals surface area contributed by atoms with Crippen molar-refractivity contribution in [2.75, 3.05) is 5.32 Å². The third kappa shape index (κ3) is 4.38. The molecule has 0 spiro atoms.